The highest BCUT2D eigenvalue weighted by molar-refractivity contribution is 5.44. The standard InChI is InChI=1S/C33H38N2/c1-4-5-31(30-12-10-27(11-13-30)24(3)29-16-20-33(35)21-17-29)22-25-6-8-26(9-7-25)23(2)28-14-18-32(34)19-15-28/h6-21,23-24,31H,4-5,22,34-35H2,1-3H3. The van der Waals surface area contributed by atoms with Gasteiger partial charge in [0.05, 0.1) is 0 Å². The first-order chi connectivity index (χ1) is 16.9. The first-order valence-electron chi connectivity index (χ1n) is 12.8. The van der Waals surface area contributed by atoms with Crippen molar-refractivity contribution < 1.29 is 0 Å². The SMILES string of the molecule is CCCC(Cc1ccc(C(C)c2ccc(N)cc2)cc1)c1ccc(C(C)c2ccc(N)cc2)cc1. The number of anilines is 2. The van der Waals surface area contributed by atoms with Gasteiger partial charge >= 0.3 is 0 Å². The number of rotatable bonds is 9. The maximum atomic E-state index is 5.86. The van der Waals surface area contributed by atoms with Crippen molar-refractivity contribution in [1.29, 1.82) is 0 Å². The third-order valence-electron chi connectivity index (χ3n) is 7.38. The summed E-state index contributed by atoms with van der Waals surface area (Å²) >= 11 is 0. The zero-order chi connectivity index (χ0) is 24.8. The monoisotopic (exact) mass is 462 g/mol. The lowest BCUT2D eigenvalue weighted by atomic mass is 9.85. The largest absolute Gasteiger partial charge is 0.399 e. The molecule has 0 bridgehead atoms. The molecule has 4 aromatic rings. The average molecular weight is 463 g/mol. The Hall–Kier alpha value is -3.52. The summed E-state index contributed by atoms with van der Waals surface area (Å²) in [6.07, 6.45) is 3.44. The van der Waals surface area contributed by atoms with Crippen LogP contribution in [0.25, 0.3) is 0 Å². The van der Waals surface area contributed by atoms with Gasteiger partial charge in [0.15, 0.2) is 0 Å². The second kappa shape index (κ2) is 11.3. The van der Waals surface area contributed by atoms with E-state index in [1.54, 1.807) is 0 Å². The molecule has 0 saturated carbocycles. The molecular weight excluding hydrogens is 424 g/mol. The van der Waals surface area contributed by atoms with Crippen LogP contribution in [0.1, 0.15) is 84.7 Å². The van der Waals surface area contributed by atoms with Crippen LogP contribution in [0.5, 0.6) is 0 Å². The second-order valence-corrected chi connectivity index (χ2v) is 9.87. The quantitative estimate of drug-likeness (QED) is 0.246. The summed E-state index contributed by atoms with van der Waals surface area (Å²) in [4.78, 5) is 0. The summed E-state index contributed by atoms with van der Waals surface area (Å²) in [6.45, 7) is 6.80. The molecule has 0 fully saturated rings. The summed E-state index contributed by atoms with van der Waals surface area (Å²) in [7, 11) is 0. The summed E-state index contributed by atoms with van der Waals surface area (Å²) in [5.41, 5.74) is 21.4. The van der Waals surface area contributed by atoms with Gasteiger partial charge in [-0.2, -0.15) is 0 Å². The van der Waals surface area contributed by atoms with Gasteiger partial charge in [-0.25, -0.2) is 0 Å². The van der Waals surface area contributed by atoms with Crippen molar-refractivity contribution >= 4 is 11.4 Å². The Labute approximate surface area is 211 Å². The molecule has 0 spiro atoms. The van der Waals surface area contributed by atoms with Crippen molar-refractivity contribution in [3.05, 3.63) is 130 Å². The Bertz CT molecular complexity index is 1190. The Balaban J connectivity index is 1.45. The van der Waals surface area contributed by atoms with Crippen LogP contribution < -0.4 is 11.5 Å². The molecular formula is C33H38N2. The highest BCUT2D eigenvalue weighted by atomic mass is 14.5. The minimum Gasteiger partial charge on any atom is -0.399 e. The Morgan fingerprint density at radius 3 is 1.26 bits per heavy atom. The number of hydrogen-bond acceptors (Lipinski definition) is 2. The van der Waals surface area contributed by atoms with Gasteiger partial charge in [0.2, 0.25) is 0 Å². The molecule has 3 unspecified atom stereocenters. The van der Waals surface area contributed by atoms with Crippen LogP contribution in [0.4, 0.5) is 11.4 Å². The number of nitrogen functional groups attached to an aromatic ring is 2. The fourth-order valence-electron chi connectivity index (χ4n) is 4.97. The highest BCUT2D eigenvalue weighted by Crippen LogP contribution is 2.31. The van der Waals surface area contributed by atoms with Crippen molar-refractivity contribution in [2.75, 3.05) is 11.5 Å². The van der Waals surface area contributed by atoms with Crippen LogP contribution in [0.2, 0.25) is 0 Å². The predicted octanol–water partition coefficient (Wildman–Crippen LogP) is 8.28. The maximum Gasteiger partial charge on any atom is 0.0314 e. The van der Waals surface area contributed by atoms with E-state index < -0.39 is 0 Å². The molecule has 4 N–H and O–H groups in total. The van der Waals surface area contributed by atoms with Crippen LogP contribution in [0, 0.1) is 0 Å². The van der Waals surface area contributed by atoms with Gasteiger partial charge < -0.3 is 11.5 Å². The second-order valence-electron chi connectivity index (χ2n) is 9.87. The molecule has 0 heterocycles. The van der Waals surface area contributed by atoms with E-state index in [1.165, 1.54) is 46.2 Å². The molecule has 3 atom stereocenters. The van der Waals surface area contributed by atoms with Crippen LogP contribution in [-0.2, 0) is 6.42 Å². The minimum absolute atomic E-state index is 0.352. The molecule has 0 amide bonds. The van der Waals surface area contributed by atoms with Gasteiger partial charge in [-0.05, 0) is 76.4 Å². The lowest BCUT2D eigenvalue weighted by molar-refractivity contribution is 0.610. The van der Waals surface area contributed by atoms with E-state index in [2.05, 4.69) is 93.6 Å². The molecule has 4 aromatic carbocycles. The highest BCUT2D eigenvalue weighted by Gasteiger charge is 2.15. The Morgan fingerprint density at radius 2 is 0.857 bits per heavy atom. The van der Waals surface area contributed by atoms with E-state index in [9.17, 15) is 0 Å². The fraction of sp³-hybridized carbons (Fsp3) is 0.273. The Morgan fingerprint density at radius 1 is 0.514 bits per heavy atom. The van der Waals surface area contributed by atoms with Crippen molar-refractivity contribution in [3.8, 4) is 0 Å². The van der Waals surface area contributed by atoms with E-state index >= 15 is 0 Å². The molecule has 0 aliphatic heterocycles. The van der Waals surface area contributed by atoms with Crippen LogP contribution in [0.15, 0.2) is 97.1 Å². The van der Waals surface area contributed by atoms with E-state index in [4.69, 9.17) is 11.5 Å². The van der Waals surface area contributed by atoms with Gasteiger partial charge in [0.25, 0.3) is 0 Å². The molecule has 2 heteroatoms. The molecule has 2 nitrogen and oxygen atoms in total. The molecule has 35 heavy (non-hydrogen) atoms. The molecule has 0 aliphatic rings. The predicted molar refractivity (Wildman–Crippen MR) is 151 cm³/mol. The first-order valence-corrected chi connectivity index (χ1v) is 12.8. The van der Waals surface area contributed by atoms with Crippen LogP contribution >= 0.6 is 0 Å². The first kappa shape index (κ1) is 24.6. The number of hydrogen-bond donors (Lipinski definition) is 2. The molecule has 0 aliphatic carbocycles. The molecule has 0 radical (unpaired) electrons. The zero-order valence-electron chi connectivity index (χ0n) is 21.2. The third-order valence-corrected chi connectivity index (χ3v) is 7.38. The lowest BCUT2D eigenvalue weighted by Gasteiger charge is -2.20. The van der Waals surface area contributed by atoms with E-state index in [0.717, 1.165) is 17.8 Å². The van der Waals surface area contributed by atoms with E-state index in [1.807, 2.05) is 24.3 Å². The zero-order valence-corrected chi connectivity index (χ0v) is 21.2. The van der Waals surface area contributed by atoms with Gasteiger partial charge in [0.1, 0.15) is 0 Å². The number of nitrogens with two attached hydrogens (primary N) is 2. The molecule has 4 rings (SSSR count). The van der Waals surface area contributed by atoms with Crippen molar-refractivity contribution in [3.63, 3.8) is 0 Å². The molecule has 0 saturated heterocycles. The van der Waals surface area contributed by atoms with Crippen molar-refractivity contribution in [2.45, 2.75) is 57.8 Å². The van der Waals surface area contributed by atoms with Gasteiger partial charge in [-0.15, -0.1) is 0 Å². The summed E-state index contributed by atoms with van der Waals surface area (Å²) < 4.78 is 0. The lowest BCUT2D eigenvalue weighted by Crippen LogP contribution is -2.05. The van der Waals surface area contributed by atoms with Crippen LogP contribution in [-0.4, -0.2) is 0 Å². The number of benzene rings is 4. The molecule has 0 aromatic heterocycles. The van der Waals surface area contributed by atoms with E-state index in [-0.39, 0.29) is 0 Å². The van der Waals surface area contributed by atoms with Gasteiger partial charge in [0, 0.05) is 23.2 Å². The smallest absolute Gasteiger partial charge is 0.0314 e. The third kappa shape index (κ3) is 6.14. The molecule has 180 valence electrons. The van der Waals surface area contributed by atoms with E-state index in [0.29, 0.717) is 17.8 Å². The van der Waals surface area contributed by atoms with Gasteiger partial charge in [-0.3, -0.25) is 0 Å². The van der Waals surface area contributed by atoms with Crippen molar-refractivity contribution in [1.82, 2.24) is 0 Å². The fourth-order valence-corrected chi connectivity index (χ4v) is 4.97. The van der Waals surface area contributed by atoms with Crippen LogP contribution in [0.3, 0.4) is 0 Å². The van der Waals surface area contributed by atoms with Gasteiger partial charge in [-0.1, -0.05) is 100.0 Å². The minimum atomic E-state index is 0.352. The topological polar surface area (TPSA) is 52.0 Å². The normalized spacial score (nSPS) is 13.8. The summed E-state index contributed by atoms with van der Waals surface area (Å²) in [5.74, 6) is 1.23. The Kier molecular flexibility index (Phi) is 7.92. The summed E-state index contributed by atoms with van der Waals surface area (Å²) in [5, 5.41) is 0. The average Bonchev–Trinajstić information content (AvgIpc) is 2.89. The maximum absolute atomic E-state index is 5.86. The summed E-state index contributed by atoms with van der Waals surface area (Å²) in [6, 6.07) is 34.9. The van der Waals surface area contributed by atoms with Crippen molar-refractivity contribution in [2.24, 2.45) is 0 Å².